The van der Waals surface area contributed by atoms with Gasteiger partial charge in [-0.05, 0) is 61.6 Å². The van der Waals surface area contributed by atoms with Gasteiger partial charge in [0.25, 0.3) is 0 Å². The number of anilines is 1. The van der Waals surface area contributed by atoms with Crippen LogP contribution in [-0.4, -0.2) is 21.6 Å². The summed E-state index contributed by atoms with van der Waals surface area (Å²) >= 11 is 0. The van der Waals surface area contributed by atoms with Crippen molar-refractivity contribution in [2.24, 2.45) is 5.92 Å². The molecule has 1 amide bonds. The number of aromatic carboxylic acids is 1. The molecule has 1 saturated carbocycles. The van der Waals surface area contributed by atoms with Gasteiger partial charge in [0.05, 0.1) is 16.8 Å². The van der Waals surface area contributed by atoms with Crippen LogP contribution in [0.15, 0.2) is 72.8 Å². The predicted octanol–water partition coefficient (Wildman–Crippen LogP) is 8.09. The van der Waals surface area contributed by atoms with Gasteiger partial charge in [0.1, 0.15) is 6.04 Å². The smallest absolute Gasteiger partial charge is 0.418 e. The normalized spacial score (nSPS) is 15.3. The van der Waals surface area contributed by atoms with Crippen LogP contribution in [0.3, 0.4) is 0 Å². The number of hydrogen-bond donors (Lipinski definition) is 2. The highest BCUT2D eigenvalue weighted by atomic mass is 19.4. The summed E-state index contributed by atoms with van der Waals surface area (Å²) in [7, 11) is 0. The van der Waals surface area contributed by atoms with E-state index in [9.17, 15) is 27.9 Å². The number of carboxylic acids is 1. The van der Waals surface area contributed by atoms with Crippen LogP contribution in [0.25, 0.3) is 22.2 Å². The molecular formula is C31H29F3N2O3. The Morgan fingerprint density at radius 1 is 0.949 bits per heavy atom. The molecule has 0 radical (unpaired) electrons. The average molecular weight is 535 g/mol. The third-order valence-corrected chi connectivity index (χ3v) is 7.57. The van der Waals surface area contributed by atoms with Gasteiger partial charge in [-0.25, -0.2) is 4.79 Å². The number of carbonyl (C=O) groups is 2. The molecular weight excluding hydrogens is 505 g/mol. The SMILES string of the molecule is Cc1ccc(-c2cc3ccccc3n2[C@H](C(=O)Nc2ccc(C(=O)O)cc2C(F)(F)F)C2CCCCC2)cc1. The Kier molecular flexibility index (Phi) is 7.21. The number of nitrogens with one attached hydrogen (secondary N) is 1. The minimum absolute atomic E-state index is 0.0774. The number of fused-ring (bicyclic) bond motifs is 1. The number of carbonyl (C=O) groups excluding carboxylic acids is 1. The number of para-hydroxylation sites is 1. The number of aryl methyl sites for hydroxylation is 1. The molecule has 39 heavy (non-hydrogen) atoms. The summed E-state index contributed by atoms with van der Waals surface area (Å²) in [6.45, 7) is 1.99. The van der Waals surface area contributed by atoms with Gasteiger partial charge < -0.3 is 15.0 Å². The van der Waals surface area contributed by atoms with Crippen LogP contribution < -0.4 is 5.32 Å². The van der Waals surface area contributed by atoms with Crippen molar-refractivity contribution >= 4 is 28.5 Å². The Morgan fingerprint density at radius 2 is 1.64 bits per heavy atom. The molecule has 8 heteroatoms. The lowest BCUT2D eigenvalue weighted by molar-refractivity contribution is -0.137. The predicted molar refractivity (Wildman–Crippen MR) is 145 cm³/mol. The second-order valence-electron chi connectivity index (χ2n) is 10.2. The number of benzene rings is 3. The van der Waals surface area contributed by atoms with Crippen molar-refractivity contribution in [2.75, 3.05) is 5.32 Å². The molecule has 0 saturated heterocycles. The zero-order chi connectivity index (χ0) is 27.7. The average Bonchev–Trinajstić information content (AvgIpc) is 3.28. The Balaban J connectivity index is 1.65. The van der Waals surface area contributed by atoms with Crippen LogP contribution in [0.5, 0.6) is 0 Å². The first-order chi connectivity index (χ1) is 18.6. The number of hydrogen-bond acceptors (Lipinski definition) is 2. The Labute approximate surface area is 224 Å². The quantitative estimate of drug-likeness (QED) is 0.263. The fourth-order valence-corrected chi connectivity index (χ4v) is 5.64. The van der Waals surface area contributed by atoms with E-state index in [1.165, 1.54) is 0 Å². The van der Waals surface area contributed by atoms with E-state index in [1.54, 1.807) is 0 Å². The molecule has 202 valence electrons. The van der Waals surface area contributed by atoms with E-state index in [1.807, 2.05) is 66.1 Å². The largest absolute Gasteiger partial charge is 0.478 e. The van der Waals surface area contributed by atoms with Gasteiger partial charge in [0.2, 0.25) is 5.91 Å². The van der Waals surface area contributed by atoms with Crippen LogP contribution in [-0.2, 0) is 11.0 Å². The molecule has 1 aromatic heterocycles. The molecule has 0 unspecified atom stereocenters. The van der Waals surface area contributed by atoms with Crippen molar-refractivity contribution in [2.45, 2.75) is 51.2 Å². The van der Waals surface area contributed by atoms with Gasteiger partial charge >= 0.3 is 12.1 Å². The van der Waals surface area contributed by atoms with E-state index in [4.69, 9.17) is 0 Å². The van der Waals surface area contributed by atoms with E-state index >= 15 is 0 Å². The number of alkyl halides is 3. The highest BCUT2D eigenvalue weighted by Gasteiger charge is 2.38. The summed E-state index contributed by atoms with van der Waals surface area (Å²) in [6, 6.07) is 19.6. The first-order valence-corrected chi connectivity index (χ1v) is 13.1. The number of aromatic nitrogens is 1. The molecule has 1 fully saturated rings. The number of amides is 1. The van der Waals surface area contributed by atoms with Crippen molar-refractivity contribution < 1.29 is 27.9 Å². The maximum Gasteiger partial charge on any atom is 0.418 e. The molecule has 3 aromatic carbocycles. The molecule has 4 aromatic rings. The number of carboxylic acid groups (broad SMARTS) is 1. The zero-order valence-electron chi connectivity index (χ0n) is 21.5. The fourth-order valence-electron chi connectivity index (χ4n) is 5.64. The molecule has 1 aliphatic rings. The summed E-state index contributed by atoms with van der Waals surface area (Å²) in [5.41, 5.74) is 1.51. The van der Waals surface area contributed by atoms with Crippen molar-refractivity contribution in [3.63, 3.8) is 0 Å². The Hall–Kier alpha value is -4.07. The second-order valence-corrected chi connectivity index (χ2v) is 10.2. The zero-order valence-corrected chi connectivity index (χ0v) is 21.5. The second kappa shape index (κ2) is 10.6. The molecule has 1 aliphatic carbocycles. The highest BCUT2D eigenvalue weighted by Crippen LogP contribution is 2.41. The topological polar surface area (TPSA) is 71.3 Å². The lowest BCUT2D eigenvalue weighted by atomic mass is 9.83. The van der Waals surface area contributed by atoms with Gasteiger partial charge in [0, 0.05) is 16.6 Å². The van der Waals surface area contributed by atoms with Crippen molar-refractivity contribution in [3.8, 4) is 11.3 Å². The number of rotatable bonds is 6. The van der Waals surface area contributed by atoms with E-state index in [-0.39, 0.29) is 5.92 Å². The van der Waals surface area contributed by atoms with Crippen molar-refractivity contribution in [1.82, 2.24) is 4.57 Å². The van der Waals surface area contributed by atoms with Crippen LogP contribution in [0, 0.1) is 12.8 Å². The van der Waals surface area contributed by atoms with Crippen LogP contribution in [0.4, 0.5) is 18.9 Å². The van der Waals surface area contributed by atoms with Gasteiger partial charge in [-0.15, -0.1) is 0 Å². The first kappa shape index (κ1) is 26.5. The first-order valence-electron chi connectivity index (χ1n) is 13.1. The van der Waals surface area contributed by atoms with Gasteiger partial charge in [-0.1, -0.05) is 67.3 Å². The minimum Gasteiger partial charge on any atom is -0.478 e. The maximum atomic E-state index is 14.1. The lowest BCUT2D eigenvalue weighted by Crippen LogP contribution is -2.34. The fraction of sp³-hybridized carbons (Fsp3) is 0.290. The third-order valence-electron chi connectivity index (χ3n) is 7.57. The van der Waals surface area contributed by atoms with Gasteiger partial charge in [-0.3, -0.25) is 4.79 Å². The Bertz CT molecular complexity index is 1520. The molecule has 2 N–H and O–H groups in total. The summed E-state index contributed by atoms with van der Waals surface area (Å²) in [5, 5.41) is 12.7. The van der Waals surface area contributed by atoms with Crippen LogP contribution >= 0.6 is 0 Å². The van der Waals surface area contributed by atoms with E-state index < -0.39 is 40.9 Å². The molecule has 5 rings (SSSR count). The van der Waals surface area contributed by atoms with E-state index in [0.29, 0.717) is 6.07 Å². The monoisotopic (exact) mass is 534 g/mol. The van der Waals surface area contributed by atoms with Gasteiger partial charge in [0.15, 0.2) is 0 Å². The van der Waals surface area contributed by atoms with Crippen molar-refractivity contribution in [3.05, 3.63) is 89.5 Å². The molecule has 1 atom stereocenters. The third kappa shape index (κ3) is 5.41. The van der Waals surface area contributed by atoms with E-state index in [2.05, 4.69) is 5.32 Å². The van der Waals surface area contributed by atoms with E-state index in [0.717, 1.165) is 72.0 Å². The molecule has 0 bridgehead atoms. The van der Waals surface area contributed by atoms with Gasteiger partial charge in [-0.2, -0.15) is 13.2 Å². The van der Waals surface area contributed by atoms with Crippen molar-refractivity contribution in [1.29, 1.82) is 0 Å². The molecule has 0 aliphatic heterocycles. The number of halogens is 3. The van der Waals surface area contributed by atoms with Crippen LogP contribution in [0.2, 0.25) is 0 Å². The molecule has 5 nitrogen and oxygen atoms in total. The lowest BCUT2D eigenvalue weighted by Gasteiger charge is -2.32. The minimum atomic E-state index is -4.85. The summed E-state index contributed by atoms with van der Waals surface area (Å²) in [5.74, 6) is -2.10. The Morgan fingerprint density at radius 3 is 2.31 bits per heavy atom. The highest BCUT2D eigenvalue weighted by molar-refractivity contribution is 5.98. The molecule has 0 spiro atoms. The standard InChI is InChI=1S/C31H29F3N2O3/c1-19-11-13-20(14-12-19)27-18-22-9-5-6-10-26(22)36(27)28(21-7-3-2-4-8-21)29(37)35-25-16-15-23(30(38)39)17-24(25)31(32,33)34/h5-6,9-18,21,28H,2-4,7-8H2,1H3,(H,35,37)(H,38,39)/t28-/m0/s1. The maximum absolute atomic E-state index is 14.1. The summed E-state index contributed by atoms with van der Waals surface area (Å²) < 4.78 is 43.8. The summed E-state index contributed by atoms with van der Waals surface area (Å²) in [6.07, 6.45) is -0.355. The summed E-state index contributed by atoms with van der Waals surface area (Å²) in [4.78, 5) is 25.4. The number of nitrogens with zero attached hydrogens (tertiary/aromatic N) is 1. The van der Waals surface area contributed by atoms with Crippen LogP contribution in [0.1, 0.15) is 59.6 Å². The molecule has 1 heterocycles.